The quantitative estimate of drug-likeness (QED) is 0.679. The average molecular weight is 164 g/mol. The van der Waals surface area contributed by atoms with Crippen LogP contribution in [-0.4, -0.2) is 6.67 Å². The second-order valence-corrected chi connectivity index (χ2v) is 2.62. The Hall–Kier alpha value is -1.51. The summed E-state index contributed by atoms with van der Waals surface area (Å²) in [4.78, 5) is 2.00. The Morgan fingerprint density at radius 3 is 2.58 bits per heavy atom. The highest BCUT2D eigenvalue weighted by molar-refractivity contribution is 5.49. The van der Waals surface area contributed by atoms with Crippen LogP contribution in [0.25, 0.3) is 0 Å². The lowest BCUT2D eigenvalue weighted by atomic mass is 10.3. The van der Waals surface area contributed by atoms with Crippen LogP contribution in [0.5, 0.6) is 0 Å². The van der Waals surface area contributed by atoms with Crippen molar-refractivity contribution in [1.29, 1.82) is 0 Å². The predicted molar refractivity (Wildman–Crippen MR) is 46.0 cm³/mol. The summed E-state index contributed by atoms with van der Waals surface area (Å²) in [7, 11) is 0. The number of hydrogen-bond acceptors (Lipinski definition) is 2. The first kappa shape index (κ1) is 7.16. The molecule has 0 spiro atoms. The fourth-order valence-corrected chi connectivity index (χ4v) is 1.16. The first-order valence-corrected chi connectivity index (χ1v) is 3.78. The highest BCUT2D eigenvalue weighted by Gasteiger charge is 2.04. The average Bonchev–Trinajstić information content (AvgIpc) is 2.58. The Morgan fingerprint density at radius 1 is 1.25 bits per heavy atom. The second-order valence-electron chi connectivity index (χ2n) is 2.62. The molecule has 0 aliphatic carbocycles. The highest BCUT2D eigenvalue weighted by atomic mass is 19.1. The largest absolute Gasteiger partial charge is 0.372 e. The zero-order chi connectivity index (χ0) is 8.39. The van der Waals surface area contributed by atoms with E-state index in [2.05, 4.69) is 5.32 Å². The topological polar surface area (TPSA) is 15.3 Å². The summed E-state index contributed by atoms with van der Waals surface area (Å²) in [5.41, 5.74) is 0.998. The first-order chi connectivity index (χ1) is 5.86. The van der Waals surface area contributed by atoms with Crippen molar-refractivity contribution in [2.24, 2.45) is 0 Å². The van der Waals surface area contributed by atoms with E-state index in [-0.39, 0.29) is 5.82 Å². The van der Waals surface area contributed by atoms with E-state index in [1.54, 1.807) is 12.1 Å². The maximum Gasteiger partial charge on any atom is 0.123 e. The third-order valence-corrected chi connectivity index (χ3v) is 1.79. The molecule has 3 heteroatoms. The van der Waals surface area contributed by atoms with Crippen molar-refractivity contribution in [1.82, 2.24) is 5.32 Å². The molecule has 1 N–H and O–H groups in total. The van der Waals surface area contributed by atoms with E-state index in [9.17, 15) is 4.39 Å². The molecular formula is C9H9FN2. The summed E-state index contributed by atoms with van der Waals surface area (Å²) in [6.45, 7) is 0.756. The van der Waals surface area contributed by atoms with E-state index in [1.165, 1.54) is 12.1 Å². The second kappa shape index (κ2) is 2.85. The van der Waals surface area contributed by atoms with Gasteiger partial charge in [-0.2, -0.15) is 0 Å². The number of rotatable bonds is 1. The Morgan fingerprint density at radius 2 is 2.00 bits per heavy atom. The fraction of sp³-hybridized carbons (Fsp3) is 0.111. The molecule has 0 fully saturated rings. The minimum Gasteiger partial charge on any atom is -0.372 e. The Labute approximate surface area is 70.3 Å². The number of halogens is 1. The van der Waals surface area contributed by atoms with E-state index >= 15 is 0 Å². The molecular weight excluding hydrogens is 155 g/mol. The summed E-state index contributed by atoms with van der Waals surface area (Å²) < 4.78 is 12.5. The number of nitrogens with one attached hydrogen (secondary N) is 1. The molecule has 0 saturated heterocycles. The van der Waals surface area contributed by atoms with Gasteiger partial charge in [0.15, 0.2) is 0 Å². The maximum atomic E-state index is 12.5. The van der Waals surface area contributed by atoms with Crippen molar-refractivity contribution >= 4 is 5.69 Å². The van der Waals surface area contributed by atoms with Gasteiger partial charge in [0.25, 0.3) is 0 Å². The number of nitrogens with zero attached hydrogens (tertiary/aromatic N) is 1. The van der Waals surface area contributed by atoms with Crippen molar-refractivity contribution in [3.8, 4) is 0 Å². The van der Waals surface area contributed by atoms with Gasteiger partial charge in [0.2, 0.25) is 0 Å². The standard InChI is InChI=1S/C9H9FN2/c10-8-1-3-9(4-2-8)12-6-5-11-7-12/h1-6,11H,7H2. The normalized spacial score (nSPS) is 14.9. The smallest absolute Gasteiger partial charge is 0.123 e. The SMILES string of the molecule is Fc1ccc(N2C=CNC2)cc1. The minimum absolute atomic E-state index is 0.199. The molecule has 2 nitrogen and oxygen atoms in total. The van der Waals surface area contributed by atoms with Crippen molar-refractivity contribution < 1.29 is 4.39 Å². The van der Waals surface area contributed by atoms with Gasteiger partial charge < -0.3 is 10.2 Å². The van der Waals surface area contributed by atoms with E-state index in [0.717, 1.165) is 12.4 Å². The molecule has 1 aliphatic rings. The lowest BCUT2D eigenvalue weighted by Crippen LogP contribution is -2.19. The van der Waals surface area contributed by atoms with Crippen LogP contribution in [0.2, 0.25) is 0 Å². The molecule has 1 aromatic rings. The summed E-state index contributed by atoms with van der Waals surface area (Å²) in [5.74, 6) is -0.199. The van der Waals surface area contributed by atoms with Crippen LogP contribution in [0.15, 0.2) is 36.7 Å². The van der Waals surface area contributed by atoms with Crippen LogP contribution < -0.4 is 10.2 Å². The van der Waals surface area contributed by atoms with E-state index in [1.807, 2.05) is 17.3 Å². The molecule has 1 heterocycles. The van der Waals surface area contributed by atoms with E-state index < -0.39 is 0 Å². The number of benzene rings is 1. The molecule has 0 saturated carbocycles. The van der Waals surface area contributed by atoms with Crippen LogP contribution in [-0.2, 0) is 0 Å². The van der Waals surface area contributed by atoms with E-state index in [4.69, 9.17) is 0 Å². The van der Waals surface area contributed by atoms with E-state index in [0.29, 0.717) is 0 Å². The Bertz CT molecular complexity index is 292. The molecule has 1 aliphatic heterocycles. The summed E-state index contributed by atoms with van der Waals surface area (Å²) >= 11 is 0. The Balaban J connectivity index is 2.23. The molecule has 2 rings (SSSR count). The van der Waals surface area contributed by atoms with Gasteiger partial charge in [-0.1, -0.05) is 0 Å². The third kappa shape index (κ3) is 1.25. The van der Waals surface area contributed by atoms with Gasteiger partial charge in [-0.3, -0.25) is 0 Å². The summed E-state index contributed by atoms with van der Waals surface area (Å²) in [5, 5.41) is 3.04. The van der Waals surface area contributed by atoms with Gasteiger partial charge >= 0.3 is 0 Å². The first-order valence-electron chi connectivity index (χ1n) is 3.78. The van der Waals surface area contributed by atoms with Crippen molar-refractivity contribution in [2.75, 3.05) is 11.6 Å². The predicted octanol–water partition coefficient (Wildman–Crippen LogP) is 1.66. The molecule has 0 atom stereocenters. The minimum atomic E-state index is -0.199. The van der Waals surface area contributed by atoms with Crippen LogP contribution >= 0.6 is 0 Å². The van der Waals surface area contributed by atoms with Gasteiger partial charge in [-0.05, 0) is 24.3 Å². The molecule has 12 heavy (non-hydrogen) atoms. The van der Waals surface area contributed by atoms with Crippen molar-refractivity contribution in [3.63, 3.8) is 0 Å². The number of hydrogen-bond donors (Lipinski definition) is 1. The molecule has 1 aromatic carbocycles. The van der Waals surface area contributed by atoms with Crippen molar-refractivity contribution in [3.05, 3.63) is 42.5 Å². The molecule has 0 amide bonds. The number of anilines is 1. The molecule has 62 valence electrons. The van der Waals surface area contributed by atoms with Gasteiger partial charge in [0.1, 0.15) is 5.82 Å². The zero-order valence-electron chi connectivity index (χ0n) is 6.50. The third-order valence-electron chi connectivity index (χ3n) is 1.79. The van der Waals surface area contributed by atoms with Gasteiger partial charge in [-0.25, -0.2) is 4.39 Å². The van der Waals surface area contributed by atoms with Crippen molar-refractivity contribution in [2.45, 2.75) is 0 Å². The molecule has 0 aromatic heterocycles. The maximum absolute atomic E-state index is 12.5. The van der Waals surface area contributed by atoms with Gasteiger partial charge in [-0.15, -0.1) is 0 Å². The molecule has 0 bridgehead atoms. The van der Waals surface area contributed by atoms with Crippen LogP contribution in [0.3, 0.4) is 0 Å². The fourth-order valence-electron chi connectivity index (χ4n) is 1.16. The summed E-state index contributed by atoms with van der Waals surface area (Å²) in [6.07, 6.45) is 3.79. The van der Waals surface area contributed by atoms with Gasteiger partial charge in [0.05, 0.1) is 6.67 Å². The highest BCUT2D eigenvalue weighted by Crippen LogP contribution is 2.15. The summed E-state index contributed by atoms with van der Waals surface area (Å²) in [6, 6.07) is 6.43. The lowest BCUT2D eigenvalue weighted by molar-refractivity contribution is 0.627. The monoisotopic (exact) mass is 164 g/mol. The van der Waals surface area contributed by atoms with Crippen LogP contribution in [0, 0.1) is 5.82 Å². The molecule has 0 unspecified atom stereocenters. The molecule has 0 radical (unpaired) electrons. The lowest BCUT2D eigenvalue weighted by Gasteiger charge is -2.14. The van der Waals surface area contributed by atoms with Gasteiger partial charge in [0, 0.05) is 18.1 Å². The zero-order valence-corrected chi connectivity index (χ0v) is 6.50. The van der Waals surface area contributed by atoms with Crippen LogP contribution in [0.4, 0.5) is 10.1 Å². The Kier molecular flexibility index (Phi) is 1.70. The van der Waals surface area contributed by atoms with Crippen LogP contribution in [0.1, 0.15) is 0 Å².